The Hall–Kier alpha value is -3.48. The molecule has 28 heavy (non-hydrogen) atoms. The first-order valence-electron chi connectivity index (χ1n) is 8.61. The van der Waals surface area contributed by atoms with E-state index in [2.05, 4.69) is 0 Å². The zero-order valence-corrected chi connectivity index (χ0v) is 15.6. The molecule has 2 heterocycles. The second kappa shape index (κ2) is 6.30. The first-order valence-corrected chi connectivity index (χ1v) is 8.61. The zero-order valence-electron chi connectivity index (χ0n) is 15.6. The summed E-state index contributed by atoms with van der Waals surface area (Å²) < 4.78 is 21.6. The van der Waals surface area contributed by atoms with Gasteiger partial charge in [-0.15, -0.1) is 0 Å². The summed E-state index contributed by atoms with van der Waals surface area (Å²) in [5.41, 5.74) is -0.169. The molecule has 1 N–H and O–H groups in total. The lowest BCUT2D eigenvalue weighted by atomic mass is 9.94. The van der Waals surface area contributed by atoms with Crippen LogP contribution < -0.4 is 18.9 Å². The first kappa shape index (κ1) is 17.9. The Kier molecular flexibility index (Phi) is 4.03. The Bertz CT molecular complexity index is 1030. The molecule has 2 aromatic carbocycles. The van der Waals surface area contributed by atoms with Crippen molar-refractivity contribution in [3.63, 3.8) is 0 Å². The first-order chi connectivity index (χ1) is 13.3. The van der Waals surface area contributed by atoms with Crippen molar-refractivity contribution in [2.24, 2.45) is 0 Å². The number of carbonyl (C=O) groups is 2. The van der Waals surface area contributed by atoms with Crippen LogP contribution in [0.25, 0.3) is 6.08 Å². The molecule has 0 fully saturated rings. The predicted octanol–water partition coefficient (Wildman–Crippen LogP) is 3.38. The van der Waals surface area contributed by atoms with E-state index >= 15 is 0 Å². The van der Waals surface area contributed by atoms with Crippen molar-refractivity contribution in [1.82, 2.24) is 0 Å². The number of methoxy groups -OCH3 is 1. The van der Waals surface area contributed by atoms with Crippen molar-refractivity contribution in [2.45, 2.75) is 19.4 Å². The number of phenols is 1. The minimum Gasteiger partial charge on any atom is -0.507 e. The normalized spacial score (nSPS) is 15.5. The van der Waals surface area contributed by atoms with Gasteiger partial charge in [-0.05, 0) is 44.2 Å². The summed E-state index contributed by atoms with van der Waals surface area (Å²) >= 11 is 0. The van der Waals surface area contributed by atoms with E-state index < -0.39 is 17.2 Å². The van der Waals surface area contributed by atoms with Gasteiger partial charge in [0.2, 0.25) is 18.4 Å². The molecule has 0 aliphatic carbocycles. The fourth-order valence-electron chi connectivity index (χ4n) is 3.19. The molecule has 0 amide bonds. The van der Waals surface area contributed by atoms with Gasteiger partial charge in [0.05, 0.1) is 12.7 Å². The van der Waals surface area contributed by atoms with Crippen LogP contribution in [0, 0.1) is 0 Å². The summed E-state index contributed by atoms with van der Waals surface area (Å²) in [6, 6.07) is 5.80. The average Bonchev–Trinajstić information content (AvgIpc) is 3.12. The minimum absolute atomic E-state index is 0.0586. The molecule has 0 atom stereocenters. The van der Waals surface area contributed by atoms with Crippen molar-refractivity contribution in [3.05, 3.63) is 47.0 Å². The number of phenolic OH excluding ortho intramolecular Hbond substituents is 1. The molecule has 0 aromatic heterocycles. The van der Waals surface area contributed by atoms with Crippen LogP contribution in [-0.2, 0) is 0 Å². The van der Waals surface area contributed by atoms with Gasteiger partial charge in [-0.3, -0.25) is 9.59 Å². The van der Waals surface area contributed by atoms with Gasteiger partial charge in [-0.2, -0.15) is 0 Å². The predicted molar refractivity (Wildman–Crippen MR) is 99.6 cm³/mol. The molecule has 7 nitrogen and oxygen atoms in total. The maximum Gasteiger partial charge on any atom is 0.241 e. The van der Waals surface area contributed by atoms with Crippen molar-refractivity contribution in [1.29, 1.82) is 0 Å². The molecule has 4 rings (SSSR count). The molecule has 0 unspecified atom stereocenters. The molecule has 0 saturated heterocycles. The number of Topliss-reactive ketones (excluding diaryl/α,β-unsaturated/α-hetero) is 2. The van der Waals surface area contributed by atoms with Crippen molar-refractivity contribution >= 4 is 17.6 Å². The lowest BCUT2D eigenvalue weighted by Gasteiger charge is -2.29. The number of hydrogen-bond acceptors (Lipinski definition) is 7. The summed E-state index contributed by atoms with van der Waals surface area (Å²) in [5, 5.41) is 10.5. The number of carbonyl (C=O) groups excluding carboxylic acids is 2. The number of rotatable bonds is 4. The number of fused-ring (bicyclic) bond motifs is 2. The van der Waals surface area contributed by atoms with E-state index in [-0.39, 0.29) is 29.4 Å². The third-order valence-corrected chi connectivity index (χ3v) is 4.56. The fourth-order valence-corrected chi connectivity index (χ4v) is 3.19. The molecular formula is C21H18O7. The van der Waals surface area contributed by atoms with E-state index in [1.807, 2.05) is 19.9 Å². The molecule has 2 aliphatic rings. The van der Waals surface area contributed by atoms with Gasteiger partial charge in [-0.1, -0.05) is 0 Å². The lowest BCUT2D eigenvalue weighted by molar-refractivity contribution is 0.0812. The second-order valence-corrected chi connectivity index (χ2v) is 6.98. The maximum atomic E-state index is 12.9. The Balaban J connectivity index is 1.76. The smallest absolute Gasteiger partial charge is 0.241 e. The monoisotopic (exact) mass is 382 g/mol. The zero-order chi connectivity index (χ0) is 20.1. The van der Waals surface area contributed by atoms with Crippen LogP contribution >= 0.6 is 0 Å². The molecule has 144 valence electrons. The number of ether oxygens (including phenoxy) is 4. The quantitative estimate of drug-likeness (QED) is 0.640. The van der Waals surface area contributed by atoms with Crippen molar-refractivity contribution < 1.29 is 33.6 Å². The average molecular weight is 382 g/mol. The molecule has 2 aromatic rings. The highest BCUT2D eigenvalue weighted by molar-refractivity contribution is 6.50. The van der Waals surface area contributed by atoms with E-state index in [0.29, 0.717) is 22.8 Å². The van der Waals surface area contributed by atoms with Crippen LogP contribution in [0.5, 0.6) is 28.7 Å². The summed E-state index contributed by atoms with van der Waals surface area (Å²) in [5.74, 6) is -0.736. The van der Waals surface area contributed by atoms with E-state index in [0.717, 1.165) is 0 Å². The van der Waals surface area contributed by atoms with Crippen molar-refractivity contribution in [3.8, 4) is 28.7 Å². The molecular weight excluding hydrogens is 364 g/mol. The van der Waals surface area contributed by atoms with Crippen LogP contribution in [0.3, 0.4) is 0 Å². The van der Waals surface area contributed by atoms with Gasteiger partial charge >= 0.3 is 0 Å². The third kappa shape index (κ3) is 2.85. The second-order valence-electron chi connectivity index (χ2n) is 6.98. The van der Waals surface area contributed by atoms with Crippen molar-refractivity contribution in [2.75, 3.05) is 13.9 Å². The highest BCUT2D eigenvalue weighted by atomic mass is 16.7. The molecule has 0 radical (unpaired) electrons. The topological polar surface area (TPSA) is 91.3 Å². The summed E-state index contributed by atoms with van der Waals surface area (Å²) in [6.07, 6.45) is 3.56. The van der Waals surface area contributed by atoms with Gasteiger partial charge in [0.1, 0.15) is 28.4 Å². The van der Waals surface area contributed by atoms with E-state index in [1.54, 1.807) is 12.1 Å². The number of benzene rings is 2. The van der Waals surface area contributed by atoms with E-state index in [9.17, 15) is 14.7 Å². The van der Waals surface area contributed by atoms with Crippen LogP contribution in [0.4, 0.5) is 0 Å². The van der Waals surface area contributed by atoms with Crippen LogP contribution in [0.2, 0.25) is 0 Å². The van der Waals surface area contributed by atoms with Crippen LogP contribution in [0.15, 0.2) is 30.3 Å². The summed E-state index contributed by atoms with van der Waals surface area (Å²) in [7, 11) is 1.37. The number of hydrogen-bond donors (Lipinski definition) is 1. The number of aromatic hydroxyl groups is 1. The summed E-state index contributed by atoms with van der Waals surface area (Å²) in [6.45, 7) is 3.78. The van der Waals surface area contributed by atoms with E-state index in [1.165, 1.54) is 25.3 Å². The molecule has 0 saturated carbocycles. The highest BCUT2D eigenvalue weighted by Gasteiger charge is 2.32. The Morgan fingerprint density at radius 1 is 1.07 bits per heavy atom. The molecule has 2 aliphatic heterocycles. The minimum atomic E-state index is -0.894. The van der Waals surface area contributed by atoms with Gasteiger partial charge < -0.3 is 24.1 Å². The Morgan fingerprint density at radius 2 is 1.82 bits per heavy atom. The van der Waals surface area contributed by atoms with Gasteiger partial charge in [0, 0.05) is 11.6 Å². The highest BCUT2D eigenvalue weighted by Crippen LogP contribution is 2.44. The fraction of sp³-hybridized carbons (Fsp3) is 0.238. The third-order valence-electron chi connectivity index (χ3n) is 4.56. The van der Waals surface area contributed by atoms with Gasteiger partial charge in [0.15, 0.2) is 11.5 Å². The van der Waals surface area contributed by atoms with Gasteiger partial charge in [0.25, 0.3) is 0 Å². The van der Waals surface area contributed by atoms with Crippen LogP contribution in [-0.4, -0.2) is 36.2 Å². The lowest BCUT2D eigenvalue weighted by Crippen LogP contribution is -2.28. The van der Waals surface area contributed by atoms with Crippen LogP contribution in [0.1, 0.15) is 40.1 Å². The number of ketones is 2. The summed E-state index contributed by atoms with van der Waals surface area (Å²) in [4.78, 5) is 25.7. The van der Waals surface area contributed by atoms with Gasteiger partial charge in [-0.25, -0.2) is 0 Å². The SMILES string of the molecule is COc1c2c(cc(O)c1C(=O)C(=O)c1ccc3c(c1)OCO3)OC(C)(C)C=C2. The molecule has 7 heteroatoms. The molecule has 0 spiro atoms. The Labute approximate surface area is 161 Å². The largest absolute Gasteiger partial charge is 0.507 e. The molecule has 0 bridgehead atoms. The standard InChI is InChI=1S/C21H18O7/c1-21(2)7-6-12-15(28-21)9-13(22)17(20(12)25-3)19(24)18(23)11-4-5-14-16(8-11)27-10-26-14/h4-9,22H,10H2,1-3H3. The maximum absolute atomic E-state index is 12.9. The van der Waals surface area contributed by atoms with E-state index in [4.69, 9.17) is 18.9 Å². The Morgan fingerprint density at radius 3 is 2.57 bits per heavy atom.